The first-order valence-electron chi connectivity index (χ1n) is 4.85. The van der Waals surface area contributed by atoms with Crippen molar-refractivity contribution >= 4 is 5.97 Å². The molecule has 1 rings (SSSR count). The highest BCUT2D eigenvalue weighted by molar-refractivity contribution is 5.90. The summed E-state index contributed by atoms with van der Waals surface area (Å²) in [5.74, 6) is -1.68. The molecule has 1 aromatic rings. The molecular formula is C11H14O4. The van der Waals surface area contributed by atoms with E-state index < -0.39 is 5.97 Å². The molecule has 0 unspecified atom stereocenters. The summed E-state index contributed by atoms with van der Waals surface area (Å²) < 4.78 is 0. The monoisotopic (exact) mass is 210 g/mol. The topological polar surface area (TPSA) is 77.8 Å². The van der Waals surface area contributed by atoms with Crippen molar-refractivity contribution in [2.24, 2.45) is 0 Å². The standard InChI is InChI=1S/C11H14O4/c1-2-3-4-7-8(11(14)15)5-6-9(12)10(7)13/h5-6,12-13H,2-4H2,1H3,(H,14,15). The second-order valence-corrected chi connectivity index (χ2v) is 3.37. The molecule has 0 aliphatic rings. The van der Waals surface area contributed by atoms with E-state index in [1.54, 1.807) is 0 Å². The summed E-state index contributed by atoms with van der Waals surface area (Å²) in [5, 5.41) is 27.7. The molecule has 0 aliphatic heterocycles. The molecule has 1 aromatic carbocycles. The van der Waals surface area contributed by atoms with Crippen molar-refractivity contribution in [2.45, 2.75) is 26.2 Å². The Balaban J connectivity index is 3.16. The van der Waals surface area contributed by atoms with Gasteiger partial charge in [0.15, 0.2) is 11.5 Å². The second kappa shape index (κ2) is 4.68. The average Bonchev–Trinajstić information content (AvgIpc) is 2.19. The van der Waals surface area contributed by atoms with Crippen LogP contribution in [0.2, 0.25) is 0 Å². The van der Waals surface area contributed by atoms with Crippen LogP contribution in [-0.2, 0) is 6.42 Å². The van der Waals surface area contributed by atoms with Gasteiger partial charge < -0.3 is 15.3 Å². The van der Waals surface area contributed by atoms with Crippen molar-refractivity contribution in [1.82, 2.24) is 0 Å². The fourth-order valence-electron chi connectivity index (χ4n) is 1.43. The van der Waals surface area contributed by atoms with Crippen LogP contribution in [0.3, 0.4) is 0 Å². The second-order valence-electron chi connectivity index (χ2n) is 3.37. The van der Waals surface area contributed by atoms with E-state index in [1.165, 1.54) is 12.1 Å². The first-order chi connectivity index (χ1) is 7.07. The first-order valence-corrected chi connectivity index (χ1v) is 4.85. The van der Waals surface area contributed by atoms with Crippen molar-refractivity contribution in [3.8, 4) is 11.5 Å². The Morgan fingerprint density at radius 1 is 1.33 bits per heavy atom. The lowest BCUT2D eigenvalue weighted by Gasteiger charge is -2.09. The van der Waals surface area contributed by atoms with Gasteiger partial charge in [-0.25, -0.2) is 4.79 Å². The van der Waals surface area contributed by atoms with Crippen LogP contribution in [-0.4, -0.2) is 21.3 Å². The van der Waals surface area contributed by atoms with Crippen molar-refractivity contribution in [3.63, 3.8) is 0 Å². The number of rotatable bonds is 4. The van der Waals surface area contributed by atoms with E-state index in [4.69, 9.17) is 5.11 Å². The summed E-state index contributed by atoms with van der Waals surface area (Å²) in [6, 6.07) is 2.50. The van der Waals surface area contributed by atoms with E-state index in [2.05, 4.69) is 0 Å². The van der Waals surface area contributed by atoms with Gasteiger partial charge in [-0.05, 0) is 25.0 Å². The molecular weight excluding hydrogens is 196 g/mol. The van der Waals surface area contributed by atoms with Gasteiger partial charge >= 0.3 is 5.97 Å². The van der Waals surface area contributed by atoms with Gasteiger partial charge in [0, 0.05) is 5.56 Å². The average molecular weight is 210 g/mol. The molecule has 0 aliphatic carbocycles. The highest BCUT2D eigenvalue weighted by atomic mass is 16.4. The van der Waals surface area contributed by atoms with Gasteiger partial charge in [-0.15, -0.1) is 0 Å². The molecule has 0 atom stereocenters. The smallest absolute Gasteiger partial charge is 0.336 e. The molecule has 0 bridgehead atoms. The zero-order chi connectivity index (χ0) is 11.4. The molecule has 0 heterocycles. The van der Waals surface area contributed by atoms with Gasteiger partial charge in [-0.3, -0.25) is 0 Å². The number of benzene rings is 1. The van der Waals surface area contributed by atoms with Gasteiger partial charge in [-0.2, -0.15) is 0 Å². The number of phenolic OH excluding ortho intramolecular Hbond substituents is 2. The fraction of sp³-hybridized carbons (Fsp3) is 0.364. The molecule has 0 saturated heterocycles. The molecule has 0 fully saturated rings. The van der Waals surface area contributed by atoms with Crippen LogP contribution in [0.5, 0.6) is 11.5 Å². The van der Waals surface area contributed by atoms with E-state index in [-0.39, 0.29) is 17.1 Å². The zero-order valence-corrected chi connectivity index (χ0v) is 8.53. The van der Waals surface area contributed by atoms with E-state index in [0.29, 0.717) is 12.0 Å². The molecule has 0 radical (unpaired) electrons. The molecule has 4 nitrogen and oxygen atoms in total. The van der Waals surface area contributed by atoms with Crippen molar-refractivity contribution in [2.75, 3.05) is 0 Å². The fourth-order valence-corrected chi connectivity index (χ4v) is 1.43. The Morgan fingerprint density at radius 2 is 2.00 bits per heavy atom. The zero-order valence-electron chi connectivity index (χ0n) is 8.53. The van der Waals surface area contributed by atoms with E-state index in [1.807, 2.05) is 6.92 Å². The number of carboxylic acid groups (broad SMARTS) is 1. The maximum atomic E-state index is 10.9. The van der Waals surface area contributed by atoms with Crippen LogP contribution >= 0.6 is 0 Å². The summed E-state index contributed by atoms with van der Waals surface area (Å²) >= 11 is 0. The molecule has 15 heavy (non-hydrogen) atoms. The highest BCUT2D eigenvalue weighted by Gasteiger charge is 2.16. The minimum atomic E-state index is -1.09. The number of hydrogen-bond acceptors (Lipinski definition) is 3. The Labute approximate surface area is 87.8 Å². The first kappa shape index (κ1) is 11.4. The van der Waals surface area contributed by atoms with Gasteiger partial charge in [0.1, 0.15) is 0 Å². The summed E-state index contributed by atoms with van der Waals surface area (Å²) in [5.41, 5.74) is 0.364. The molecule has 82 valence electrons. The third-order valence-electron chi connectivity index (χ3n) is 2.27. The quantitative estimate of drug-likeness (QED) is 0.665. The Morgan fingerprint density at radius 3 is 2.53 bits per heavy atom. The largest absolute Gasteiger partial charge is 0.504 e. The number of aromatic carboxylic acids is 1. The van der Waals surface area contributed by atoms with E-state index >= 15 is 0 Å². The van der Waals surface area contributed by atoms with Crippen LogP contribution in [0.4, 0.5) is 0 Å². The number of unbranched alkanes of at least 4 members (excludes halogenated alkanes) is 1. The highest BCUT2D eigenvalue weighted by Crippen LogP contribution is 2.32. The summed E-state index contributed by atoms with van der Waals surface area (Å²) in [6.45, 7) is 1.97. The maximum absolute atomic E-state index is 10.9. The molecule has 0 aromatic heterocycles. The van der Waals surface area contributed by atoms with Gasteiger partial charge in [0.2, 0.25) is 0 Å². The maximum Gasteiger partial charge on any atom is 0.336 e. The SMILES string of the molecule is CCCCc1c(C(=O)O)ccc(O)c1O. The predicted octanol–water partition coefficient (Wildman–Crippen LogP) is 2.14. The van der Waals surface area contributed by atoms with Crippen LogP contribution in [0, 0.1) is 0 Å². The molecule has 4 heteroatoms. The lowest BCUT2D eigenvalue weighted by atomic mass is 10.0. The van der Waals surface area contributed by atoms with Crippen molar-refractivity contribution in [3.05, 3.63) is 23.3 Å². The summed E-state index contributed by atoms with van der Waals surface area (Å²) in [6.07, 6.45) is 2.13. The van der Waals surface area contributed by atoms with Crippen LogP contribution in [0.1, 0.15) is 35.7 Å². The minimum absolute atomic E-state index is 0.0544. The van der Waals surface area contributed by atoms with Crippen LogP contribution in [0.25, 0.3) is 0 Å². The predicted molar refractivity (Wildman–Crippen MR) is 55.3 cm³/mol. The molecule has 0 spiro atoms. The number of hydrogen-bond donors (Lipinski definition) is 3. The molecule has 0 saturated carbocycles. The third kappa shape index (κ3) is 2.40. The Hall–Kier alpha value is -1.71. The molecule has 0 amide bonds. The van der Waals surface area contributed by atoms with Crippen molar-refractivity contribution < 1.29 is 20.1 Å². The van der Waals surface area contributed by atoms with E-state index in [9.17, 15) is 15.0 Å². The van der Waals surface area contributed by atoms with Crippen LogP contribution < -0.4 is 0 Å². The Bertz CT molecular complexity index is 371. The third-order valence-corrected chi connectivity index (χ3v) is 2.27. The van der Waals surface area contributed by atoms with E-state index in [0.717, 1.165) is 12.8 Å². The van der Waals surface area contributed by atoms with Gasteiger partial charge in [0.05, 0.1) is 5.56 Å². The normalized spacial score (nSPS) is 10.2. The summed E-state index contributed by atoms with van der Waals surface area (Å²) in [4.78, 5) is 10.9. The number of aromatic hydroxyl groups is 2. The van der Waals surface area contributed by atoms with Crippen LogP contribution in [0.15, 0.2) is 12.1 Å². The number of carboxylic acids is 1. The minimum Gasteiger partial charge on any atom is -0.504 e. The number of phenols is 2. The van der Waals surface area contributed by atoms with Gasteiger partial charge in [-0.1, -0.05) is 13.3 Å². The van der Waals surface area contributed by atoms with Crippen molar-refractivity contribution in [1.29, 1.82) is 0 Å². The lowest BCUT2D eigenvalue weighted by Crippen LogP contribution is -2.02. The summed E-state index contributed by atoms with van der Waals surface area (Å²) in [7, 11) is 0. The number of carbonyl (C=O) groups is 1. The lowest BCUT2D eigenvalue weighted by molar-refractivity contribution is 0.0695. The molecule has 3 N–H and O–H groups in total. The van der Waals surface area contributed by atoms with Gasteiger partial charge in [0.25, 0.3) is 0 Å². The Kier molecular flexibility index (Phi) is 3.55.